The van der Waals surface area contributed by atoms with Gasteiger partial charge in [-0.25, -0.2) is 0 Å². The first-order chi connectivity index (χ1) is 9.13. The maximum absolute atomic E-state index is 6.31. The van der Waals surface area contributed by atoms with Crippen LogP contribution in [0.5, 0.6) is 0 Å². The van der Waals surface area contributed by atoms with E-state index in [1.165, 1.54) is 0 Å². The standard InChI is InChI=1S/C14H13BrCl2N2/c1-2-19-14(9-6-10(15)8-18-7-9)11-4-3-5-12(16)13(11)17/h3-8,14,19H,2H2,1H3. The molecule has 1 atom stereocenters. The maximum Gasteiger partial charge on any atom is 0.0643 e. The largest absolute Gasteiger partial charge is 0.306 e. The van der Waals surface area contributed by atoms with Gasteiger partial charge in [0.1, 0.15) is 0 Å². The summed E-state index contributed by atoms with van der Waals surface area (Å²) < 4.78 is 0.936. The molecule has 1 N–H and O–H groups in total. The summed E-state index contributed by atoms with van der Waals surface area (Å²) in [6, 6.07) is 7.66. The molecule has 0 saturated carbocycles. The summed E-state index contributed by atoms with van der Waals surface area (Å²) in [5.41, 5.74) is 2.00. The molecule has 1 unspecified atom stereocenters. The normalized spacial score (nSPS) is 12.4. The van der Waals surface area contributed by atoms with Crippen LogP contribution in [0.1, 0.15) is 24.1 Å². The molecule has 0 aliphatic rings. The molecule has 1 aromatic carbocycles. The minimum Gasteiger partial charge on any atom is -0.306 e. The highest BCUT2D eigenvalue weighted by Crippen LogP contribution is 2.33. The van der Waals surface area contributed by atoms with Gasteiger partial charge in [0.05, 0.1) is 16.1 Å². The summed E-state index contributed by atoms with van der Waals surface area (Å²) in [6.45, 7) is 2.87. The molecule has 0 radical (unpaired) electrons. The first-order valence-electron chi connectivity index (χ1n) is 5.91. The first-order valence-corrected chi connectivity index (χ1v) is 7.46. The fourth-order valence-electron chi connectivity index (χ4n) is 1.94. The Hall–Kier alpha value is -0.610. The predicted molar refractivity (Wildman–Crippen MR) is 83.9 cm³/mol. The van der Waals surface area contributed by atoms with Crippen LogP contribution in [-0.4, -0.2) is 11.5 Å². The molecule has 5 heteroatoms. The molecule has 100 valence electrons. The SMILES string of the molecule is CCNC(c1cncc(Br)c1)c1cccc(Cl)c1Cl. The van der Waals surface area contributed by atoms with Gasteiger partial charge in [-0.05, 0) is 45.7 Å². The molecule has 2 aromatic rings. The lowest BCUT2D eigenvalue weighted by Gasteiger charge is -2.20. The van der Waals surface area contributed by atoms with Crippen molar-refractivity contribution in [2.75, 3.05) is 6.54 Å². The summed E-state index contributed by atoms with van der Waals surface area (Å²) in [4.78, 5) is 4.20. The van der Waals surface area contributed by atoms with Crippen molar-refractivity contribution in [3.63, 3.8) is 0 Å². The Morgan fingerprint density at radius 3 is 2.79 bits per heavy atom. The fraction of sp³-hybridized carbons (Fsp3) is 0.214. The van der Waals surface area contributed by atoms with E-state index in [4.69, 9.17) is 23.2 Å². The molecule has 1 heterocycles. The van der Waals surface area contributed by atoms with Crippen LogP contribution in [0.4, 0.5) is 0 Å². The van der Waals surface area contributed by atoms with E-state index in [1.54, 1.807) is 12.3 Å². The monoisotopic (exact) mass is 358 g/mol. The van der Waals surface area contributed by atoms with E-state index in [2.05, 4.69) is 33.2 Å². The van der Waals surface area contributed by atoms with E-state index < -0.39 is 0 Å². The topological polar surface area (TPSA) is 24.9 Å². The molecule has 0 bridgehead atoms. The van der Waals surface area contributed by atoms with Gasteiger partial charge in [0.2, 0.25) is 0 Å². The van der Waals surface area contributed by atoms with Crippen molar-refractivity contribution < 1.29 is 0 Å². The zero-order chi connectivity index (χ0) is 13.8. The Bertz CT molecular complexity index is 575. The third kappa shape index (κ3) is 3.48. The second-order valence-corrected chi connectivity index (χ2v) is 5.77. The number of rotatable bonds is 4. The van der Waals surface area contributed by atoms with Crippen molar-refractivity contribution in [3.8, 4) is 0 Å². The van der Waals surface area contributed by atoms with E-state index in [9.17, 15) is 0 Å². The molecule has 0 amide bonds. The van der Waals surface area contributed by atoms with Crippen molar-refractivity contribution >= 4 is 39.1 Å². The summed E-state index contributed by atoms with van der Waals surface area (Å²) in [6.07, 6.45) is 3.58. The Balaban J connectivity index is 2.48. The van der Waals surface area contributed by atoms with Crippen molar-refractivity contribution in [2.45, 2.75) is 13.0 Å². The number of hydrogen-bond donors (Lipinski definition) is 1. The van der Waals surface area contributed by atoms with Crippen LogP contribution in [0.2, 0.25) is 10.0 Å². The van der Waals surface area contributed by atoms with Gasteiger partial charge in [0.15, 0.2) is 0 Å². The van der Waals surface area contributed by atoms with Crippen molar-refractivity contribution in [3.05, 3.63) is 62.3 Å². The number of aromatic nitrogens is 1. The van der Waals surface area contributed by atoms with Gasteiger partial charge >= 0.3 is 0 Å². The van der Waals surface area contributed by atoms with Gasteiger partial charge in [0, 0.05) is 16.9 Å². The van der Waals surface area contributed by atoms with E-state index in [0.29, 0.717) is 10.0 Å². The van der Waals surface area contributed by atoms with Crippen LogP contribution in [0.25, 0.3) is 0 Å². The molecule has 0 saturated heterocycles. The van der Waals surface area contributed by atoms with E-state index in [0.717, 1.165) is 22.1 Å². The minimum atomic E-state index is -0.0267. The van der Waals surface area contributed by atoms with Gasteiger partial charge in [-0.3, -0.25) is 4.98 Å². The summed E-state index contributed by atoms with van der Waals surface area (Å²) >= 11 is 15.8. The van der Waals surface area contributed by atoms with Crippen LogP contribution in [0.15, 0.2) is 41.1 Å². The first kappa shape index (κ1) is 14.8. The Morgan fingerprint density at radius 1 is 1.32 bits per heavy atom. The van der Waals surface area contributed by atoms with E-state index in [-0.39, 0.29) is 6.04 Å². The number of benzene rings is 1. The second-order valence-electron chi connectivity index (χ2n) is 4.07. The fourth-order valence-corrected chi connectivity index (χ4v) is 2.74. The molecule has 2 rings (SSSR count). The highest BCUT2D eigenvalue weighted by atomic mass is 79.9. The van der Waals surface area contributed by atoms with Crippen molar-refractivity contribution in [1.82, 2.24) is 10.3 Å². The van der Waals surface area contributed by atoms with Gasteiger partial charge in [-0.2, -0.15) is 0 Å². The average Bonchev–Trinajstić information content (AvgIpc) is 2.40. The highest BCUT2D eigenvalue weighted by molar-refractivity contribution is 9.10. The zero-order valence-electron chi connectivity index (χ0n) is 10.3. The van der Waals surface area contributed by atoms with Gasteiger partial charge < -0.3 is 5.32 Å². The van der Waals surface area contributed by atoms with E-state index >= 15 is 0 Å². The van der Waals surface area contributed by atoms with E-state index in [1.807, 2.05) is 24.4 Å². The number of nitrogens with zero attached hydrogens (tertiary/aromatic N) is 1. The molecule has 1 aromatic heterocycles. The summed E-state index contributed by atoms with van der Waals surface area (Å²) in [5, 5.41) is 4.55. The zero-order valence-corrected chi connectivity index (χ0v) is 13.4. The smallest absolute Gasteiger partial charge is 0.0643 e. The molecule has 19 heavy (non-hydrogen) atoms. The van der Waals surface area contributed by atoms with Crippen LogP contribution in [0, 0.1) is 0 Å². The Kier molecular flexibility index (Phi) is 5.22. The molecular formula is C14H13BrCl2N2. The molecule has 2 nitrogen and oxygen atoms in total. The lowest BCUT2D eigenvalue weighted by atomic mass is 10.00. The lowest BCUT2D eigenvalue weighted by molar-refractivity contribution is 0.628. The number of pyridine rings is 1. The van der Waals surface area contributed by atoms with Crippen LogP contribution < -0.4 is 5.32 Å². The van der Waals surface area contributed by atoms with Gasteiger partial charge in [0.25, 0.3) is 0 Å². The second kappa shape index (κ2) is 6.71. The average molecular weight is 360 g/mol. The van der Waals surface area contributed by atoms with Gasteiger partial charge in [-0.15, -0.1) is 0 Å². The Labute approximate surface area is 131 Å². The third-order valence-corrected chi connectivity index (χ3v) is 4.03. The minimum absolute atomic E-state index is 0.0267. The van der Waals surface area contributed by atoms with Crippen molar-refractivity contribution in [2.24, 2.45) is 0 Å². The molecule has 0 fully saturated rings. The number of nitrogens with one attached hydrogen (secondary N) is 1. The summed E-state index contributed by atoms with van der Waals surface area (Å²) in [5.74, 6) is 0. The van der Waals surface area contributed by atoms with Gasteiger partial charge in [-0.1, -0.05) is 42.3 Å². The highest BCUT2D eigenvalue weighted by Gasteiger charge is 2.18. The van der Waals surface area contributed by atoms with Crippen LogP contribution in [-0.2, 0) is 0 Å². The number of hydrogen-bond acceptors (Lipinski definition) is 2. The predicted octanol–water partition coefficient (Wildman–Crippen LogP) is 4.85. The molecule has 0 spiro atoms. The quantitative estimate of drug-likeness (QED) is 0.843. The molecule has 0 aliphatic carbocycles. The molecular weight excluding hydrogens is 347 g/mol. The maximum atomic E-state index is 6.31. The van der Waals surface area contributed by atoms with Crippen LogP contribution in [0.3, 0.4) is 0 Å². The third-order valence-electron chi connectivity index (χ3n) is 2.76. The number of halogens is 3. The van der Waals surface area contributed by atoms with Crippen LogP contribution >= 0.6 is 39.1 Å². The summed E-state index contributed by atoms with van der Waals surface area (Å²) in [7, 11) is 0. The molecule has 0 aliphatic heterocycles. The lowest BCUT2D eigenvalue weighted by Crippen LogP contribution is -2.22. The Morgan fingerprint density at radius 2 is 2.11 bits per heavy atom. The van der Waals surface area contributed by atoms with Crippen molar-refractivity contribution in [1.29, 1.82) is 0 Å².